The molecule has 2 rings (SSSR count). The summed E-state index contributed by atoms with van der Waals surface area (Å²) in [6.45, 7) is 2.12. The number of aliphatic carboxylic acids is 1. The van der Waals surface area contributed by atoms with Gasteiger partial charge in [-0.25, -0.2) is 0 Å². The van der Waals surface area contributed by atoms with Crippen LogP contribution in [0, 0.1) is 11.8 Å². The molecular formula is C15H24N2O4S. The Morgan fingerprint density at radius 1 is 1.32 bits per heavy atom. The zero-order chi connectivity index (χ0) is 16.1. The van der Waals surface area contributed by atoms with E-state index in [0.29, 0.717) is 18.2 Å². The van der Waals surface area contributed by atoms with E-state index in [-0.39, 0.29) is 30.1 Å². The summed E-state index contributed by atoms with van der Waals surface area (Å²) in [5.41, 5.74) is 0. The molecule has 6 nitrogen and oxygen atoms in total. The highest BCUT2D eigenvalue weighted by Crippen LogP contribution is 2.30. The Bertz CT molecular complexity index is 437. The van der Waals surface area contributed by atoms with E-state index >= 15 is 0 Å². The van der Waals surface area contributed by atoms with Gasteiger partial charge in [0.25, 0.3) is 0 Å². The van der Waals surface area contributed by atoms with Crippen LogP contribution >= 0.6 is 11.8 Å². The largest absolute Gasteiger partial charge is 0.481 e. The second-order valence-corrected chi connectivity index (χ2v) is 7.25. The third-order valence-corrected chi connectivity index (χ3v) is 5.33. The average Bonchev–Trinajstić information content (AvgIpc) is 3.13. The Hall–Kier alpha value is -1.24. The molecule has 22 heavy (non-hydrogen) atoms. The topological polar surface area (TPSA) is 86.7 Å². The monoisotopic (exact) mass is 328 g/mol. The summed E-state index contributed by atoms with van der Waals surface area (Å²) >= 11 is 1.60. The molecule has 0 radical (unpaired) electrons. The van der Waals surface area contributed by atoms with Crippen LogP contribution in [-0.2, 0) is 14.4 Å². The maximum absolute atomic E-state index is 12.5. The number of carbonyl (C=O) groups excluding carboxylic acids is 2. The van der Waals surface area contributed by atoms with Gasteiger partial charge in [0.15, 0.2) is 0 Å². The Balaban J connectivity index is 1.85. The number of nitrogens with one attached hydrogen (secondary N) is 1. The Labute approximate surface area is 135 Å². The number of amides is 2. The van der Waals surface area contributed by atoms with E-state index in [4.69, 9.17) is 5.11 Å². The van der Waals surface area contributed by atoms with Crippen LogP contribution < -0.4 is 5.32 Å². The zero-order valence-electron chi connectivity index (χ0n) is 12.9. The van der Waals surface area contributed by atoms with Crippen molar-refractivity contribution in [1.82, 2.24) is 10.2 Å². The first-order chi connectivity index (χ1) is 10.5. The van der Waals surface area contributed by atoms with Gasteiger partial charge in [0.05, 0.1) is 5.88 Å². The number of carbonyl (C=O) groups is 3. The van der Waals surface area contributed by atoms with Crippen LogP contribution in [-0.4, -0.2) is 52.0 Å². The molecular weight excluding hydrogens is 304 g/mol. The lowest BCUT2D eigenvalue weighted by molar-refractivity contribution is -0.141. The van der Waals surface area contributed by atoms with Gasteiger partial charge < -0.3 is 15.3 Å². The van der Waals surface area contributed by atoms with Gasteiger partial charge in [-0.05, 0) is 18.8 Å². The van der Waals surface area contributed by atoms with Crippen molar-refractivity contribution in [2.75, 3.05) is 18.2 Å². The van der Waals surface area contributed by atoms with Crippen molar-refractivity contribution in [1.29, 1.82) is 0 Å². The number of rotatable bonds is 6. The second-order valence-electron chi connectivity index (χ2n) is 6.25. The first-order valence-corrected chi connectivity index (χ1v) is 9.02. The number of hydrogen-bond acceptors (Lipinski definition) is 4. The SMILES string of the molecule is CC(CNC(=O)C1CSCN1C(=O)C1CCCC1)CC(=O)O. The summed E-state index contributed by atoms with van der Waals surface area (Å²) in [6.07, 6.45) is 4.10. The second kappa shape index (κ2) is 7.85. The zero-order valence-corrected chi connectivity index (χ0v) is 13.7. The van der Waals surface area contributed by atoms with Crippen molar-refractivity contribution in [3.63, 3.8) is 0 Å². The summed E-state index contributed by atoms with van der Waals surface area (Å²) in [7, 11) is 0. The lowest BCUT2D eigenvalue weighted by Gasteiger charge is -2.26. The van der Waals surface area contributed by atoms with Crippen molar-refractivity contribution < 1.29 is 19.5 Å². The molecule has 2 atom stereocenters. The molecule has 1 saturated carbocycles. The third-order valence-electron chi connectivity index (χ3n) is 4.32. The Kier molecular flexibility index (Phi) is 6.11. The number of carboxylic acid groups (broad SMARTS) is 1. The van der Waals surface area contributed by atoms with E-state index in [2.05, 4.69) is 5.32 Å². The molecule has 2 fully saturated rings. The van der Waals surface area contributed by atoms with Gasteiger partial charge in [-0.3, -0.25) is 14.4 Å². The maximum Gasteiger partial charge on any atom is 0.303 e. The van der Waals surface area contributed by atoms with Crippen molar-refractivity contribution in [2.24, 2.45) is 11.8 Å². The van der Waals surface area contributed by atoms with Crippen molar-refractivity contribution >= 4 is 29.5 Å². The van der Waals surface area contributed by atoms with Crippen LogP contribution in [0.3, 0.4) is 0 Å². The highest BCUT2D eigenvalue weighted by Gasteiger charge is 2.38. The van der Waals surface area contributed by atoms with E-state index in [1.165, 1.54) is 0 Å². The minimum Gasteiger partial charge on any atom is -0.481 e. The van der Waals surface area contributed by atoms with Gasteiger partial charge in [-0.15, -0.1) is 11.8 Å². The lowest BCUT2D eigenvalue weighted by Crippen LogP contribution is -2.49. The van der Waals surface area contributed by atoms with Crippen molar-refractivity contribution in [3.8, 4) is 0 Å². The van der Waals surface area contributed by atoms with Gasteiger partial charge in [0, 0.05) is 24.6 Å². The predicted octanol–water partition coefficient (Wildman–Crippen LogP) is 1.31. The molecule has 1 aliphatic carbocycles. The minimum atomic E-state index is -0.865. The Morgan fingerprint density at radius 3 is 2.64 bits per heavy atom. The third kappa shape index (κ3) is 4.38. The number of thioether (sulfide) groups is 1. The molecule has 7 heteroatoms. The number of hydrogen-bond donors (Lipinski definition) is 2. The molecule has 2 aliphatic rings. The van der Waals surface area contributed by atoms with Crippen molar-refractivity contribution in [2.45, 2.75) is 45.1 Å². The summed E-state index contributed by atoms with van der Waals surface area (Å²) in [4.78, 5) is 37.1. The quantitative estimate of drug-likeness (QED) is 0.767. The normalized spacial score (nSPS) is 23.5. The molecule has 0 bridgehead atoms. The van der Waals surface area contributed by atoms with Gasteiger partial charge in [0.1, 0.15) is 6.04 Å². The van der Waals surface area contributed by atoms with Crippen LogP contribution in [0.1, 0.15) is 39.0 Å². The van der Waals surface area contributed by atoms with Crippen LogP contribution in [0.15, 0.2) is 0 Å². The summed E-state index contributed by atoms with van der Waals surface area (Å²) in [6, 6.07) is -0.407. The van der Waals surface area contributed by atoms with Crippen molar-refractivity contribution in [3.05, 3.63) is 0 Å². The van der Waals surface area contributed by atoms with E-state index < -0.39 is 12.0 Å². The average molecular weight is 328 g/mol. The predicted molar refractivity (Wildman–Crippen MR) is 84.3 cm³/mol. The van der Waals surface area contributed by atoms with E-state index in [0.717, 1.165) is 25.7 Å². The fraction of sp³-hybridized carbons (Fsp3) is 0.800. The molecule has 2 N–H and O–H groups in total. The van der Waals surface area contributed by atoms with Gasteiger partial charge >= 0.3 is 5.97 Å². The van der Waals surface area contributed by atoms with Gasteiger partial charge in [-0.2, -0.15) is 0 Å². The maximum atomic E-state index is 12.5. The highest BCUT2D eigenvalue weighted by molar-refractivity contribution is 7.99. The molecule has 0 aromatic heterocycles. The first kappa shape index (κ1) is 17.1. The summed E-state index contributed by atoms with van der Waals surface area (Å²) in [5, 5.41) is 11.5. The molecule has 1 aliphatic heterocycles. The van der Waals surface area contributed by atoms with Gasteiger partial charge in [-0.1, -0.05) is 19.8 Å². The van der Waals surface area contributed by atoms with Crippen LogP contribution in [0.5, 0.6) is 0 Å². The number of carboxylic acids is 1. The summed E-state index contributed by atoms with van der Waals surface area (Å²) in [5.74, 6) is 0.260. The molecule has 1 heterocycles. The van der Waals surface area contributed by atoms with Gasteiger partial charge in [0.2, 0.25) is 11.8 Å². The lowest BCUT2D eigenvalue weighted by atomic mass is 10.1. The van der Waals surface area contributed by atoms with Crippen LogP contribution in [0.25, 0.3) is 0 Å². The van der Waals surface area contributed by atoms with E-state index in [1.54, 1.807) is 23.6 Å². The number of nitrogens with zero attached hydrogens (tertiary/aromatic N) is 1. The molecule has 2 amide bonds. The summed E-state index contributed by atoms with van der Waals surface area (Å²) < 4.78 is 0. The minimum absolute atomic E-state index is 0.0322. The molecule has 0 spiro atoms. The van der Waals surface area contributed by atoms with E-state index in [9.17, 15) is 14.4 Å². The highest BCUT2D eigenvalue weighted by atomic mass is 32.2. The van der Waals surface area contributed by atoms with Crippen LogP contribution in [0.4, 0.5) is 0 Å². The fourth-order valence-electron chi connectivity index (χ4n) is 3.05. The fourth-order valence-corrected chi connectivity index (χ4v) is 4.21. The standard InChI is InChI=1S/C15H24N2O4S/c1-10(6-13(18)19)7-16-14(20)12-8-22-9-17(12)15(21)11-4-2-3-5-11/h10-12H,2-9H2,1H3,(H,16,20)(H,18,19). The van der Waals surface area contributed by atoms with Crippen LogP contribution in [0.2, 0.25) is 0 Å². The molecule has 0 aromatic rings. The molecule has 124 valence electrons. The smallest absolute Gasteiger partial charge is 0.303 e. The Morgan fingerprint density at radius 2 is 2.00 bits per heavy atom. The first-order valence-electron chi connectivity index (χ1n) is 7.86. The molecule has 2 unspecified atom stereocenters. The van der Waals surface area contributed by atoms with E-state index in [1.807, 2.05) is 0 Å². The molecule has 1 saturated heterocycles. The molecule has 0 aromatic carbocycles.